The molecule has 6 heterocycles. The Morgan fingerprint density at radius 1 is 0.469 bits per heavy atom. The smallest absolute Gasteiger partial charge is 0.217 e. The van der Waals surface area contributed by atoms with Gasteiger partial charge in [0, 0.05) is 13.5 Å². The summed E-state index contributed by atoms with van der Waals surface area (Å²) >= 11 is 0. The number of nitrogens with two attached hydrogens (primary N) is 1. The highest BCUT2D eigenvalue weighted by Crippen LogP contribution is 2.37. The first kappa shape index (κ1) is 65.9. The molecule has 30 atom stereocenters. The second kappa shape index (κ2) is 30.1. The molecule has 1 aromatic rings. The van der Waals surface area contributed by atoms with Crippen molar-refractivity contribution in [2.45, 2.75) is 217 Å². The van der Waals surface area contributed by atoms with E-state index >= 15 is 0 Å². The van der Waals surface area contributed by atoms with Crippen LogP contribution in [0.5, 0.6) is 5.75 Å². The van der Waals surface area contributed by atoms with Crippen molar-refractivity contribution >= 4 is 5.91 Å². The molecule has 6 saturated heterocycles. The van der Waals surface area contributed by atoms with E-state index in [2.05, 4.69) is 5.32 Å². The first-order valence-electron chi connectivity index (χ1n) is 26.7. The van der Waals surface area contributed by atoms with Gasteiger partial charge in [-0.05, 0) is 44.9 Å². The topological polar surface area (TPSA) is 499 Å². The number of aliphatic hydroxyl groups excluding tert-OH is 16. The second-order valence-corrected chi connectivity index (χ2v) is 20.6. The predicted octanol–water partition coefficient (Wildman–Crippen LogP) is -9.69. The van der Waals surface area contributed by atoms with Crippen molar-refractivity contribution in [2.24, 2.45) is 5.73 Å². The van der Waals surface area contributed by atoms with Gasteiger partial charge in [-0.15, -0.1) is 0 Å². The van der Waals surface area contributed by atoms with E-state index in [-0.39, 0.29) is 13.2 Å². The molecule has 6 fully saturated rings. The number of ether oxygens (including phenoxy) is 13. The van der Waals surface area contributed by atoms with E-state index in [4.69, 9.17) is 67.3 Å². The minimum absolute atomic E-state index is 0.133. The second-order valence-electron chi connectivity index (χ2n) is 20.6. The number of nitrogens with one attached hydrogen (secondary N) is 1. The van der Waals surface area contributed by atoms with Crippen LogP contribution in [0.25, 0.3) is 0 Å². The lowest BCUT2D eigenvalue weighted by Gasteiger charge is -2.51. The third-order valence-electron chi connectivity index (χ3n) is 14.9. The number of unbranched alkanes of at least 4 members (excludes halogenated alkanes) is 2. The van der Waals surface area contributed by atoms with Crippen molar-refractivity contribution in [3.8, 4) is 5.75 Å². The number of hydrogen-bond acceptors (Lipinski definition) is 31. The van der Waals surface area contributed by atoms with Crippen LogP contribution >= 0.6 is 0 Å². The summed E-state index contributed by atoms with van der Waals surface area (Å²) in [7, 11) is 0. The first-order chi connectivity index (χ1) is 38.7. The summed E-state index contributed by atoms with van der Waals surface area (Å²) in [5, 5.41) is 178. The Morgan fingerprint density at radius 3 is 1.56 bits per heavy atom. The van der Waals surface area contributed by atoms with Gasteiger partial charge in [-0.1, -0.05) is 18.2 Å². The molecule has 0 aromatic heterocycles. The van der Waals surface area contributed by atoms with Gasteiger partial charge < -0.3 is 154 Å². The van der Waals surface area contributed by atoms with Crippen LogP contribution in [0.2, 0.25) is 0 Å². The fourth-order valence-corrected chi connectivity index (χ4v) is 10.3. The van der Waals surface area contributed by atoms with Gasteiger partial charge in [0.2, 0.25) is 5.91 Å². The number of aliphatic hydroxyl groups is 16. The molecule has 6 aliphatic heterocycles. The lowest BCUT2D eigenvalue weighted by Crippen LogP contribution is -2.70. The van der Waals surface area contributed by atoms with Crippen molar-refractivity contribution < 1.29 is 148 Å². The largest absolute Gasteiger partial charge is 0.491 e. The van der Waals surface area contributed by atoms with Gasteiger partial charge >= 0.3 is 0 Å². The Morgan fingerprint density at radius 2 is 0.938 bits per heavy atom. The highest BCUT2D eigenvalue weighted by Gasteiger charge is 2.58. The summed E-state index contributed by atoms with van der Waals surface area (Å²) in [5.74, 6) is -0.460. The van der Waals surface area contributed by atoms with Gasteiger partial charge in [0.1, 0.15) is 153 Å². The predicted molar refractivity (Wildman–Crippen MR) is 261 cm³/mol. The lowest BCUT2D eigenvalue weighted by atomic mass is 9.94. The average molecular weight is 1180 g/mol. The maximum absolute atomic E-state index is 12.9. The summed E-state index contributed by atoms with van der Waals surface area (Å²) in [5.41, 5.74) is 5.58. The van der Waals surface area contributed by atoms with E-state index in [0.29, 0.717) is 18.7 Å². The number of benzene rings is 1. The van der Waals surface area contributed by atoms with Crippen LogP contribution in [0.15, 0.2) is 30.3 Å². The van der Waals surface area contributed by atoms with E-state index in [1.807, 2.05) is 0 Å². The van der Waals surface area contributed by atoms with Crippen molar-refractivity contribution in [2.75, 3.05) is 46.2 Å². The third kappa shape index (κ3) is 15.3. The zero-order chi connectivity index (χ0) is 59.0. The van der Waals surface area contributed by atoms with Gasteiger partial charge in [0.25, 0.3) is 0 Å². The Hall–Kier alpha value is -2.67. The third-order valence-corrected chi connectivity index (χ3v) is 14.9. The fraction of sp³-hybridized carbons (Fsp3) is 0.857. The molecule has 0 radical (unpaired) electrons. The molecule has 19 N–H and O–H groups in total. The number of amides is 1. The summed E-state index contributed by atoms with van der Waals surface area (Å²) < 4.78 is 76.4. The summed E-state index contributed by atoms with van der Waals surface area (Å²) in [6.45, 7) is -1.32. The molecule has 18 unspecified atom stereocenters. The van der Waals surface area contributed by atoms with Crippen LogP contribution in [0.4, 0.5) is 0 Å². The molecule has 1 amide bonds. The van der Waals surface area contributed by atoms with E-state index in [0.717, 1.165) is 19.8 Å². The Bertz CT molecular complexity index is 2030. The molecular formula is C49H80N2O30. The highest BCUT2D eigenvalue weighted by molar-refractivity contribution is 5.73. The van der Waals surface area contributed by atoms with Gasteiger partial charge in [0.15, 0.2) is 37.7 Å². The maximum atomic E-state index is 12.9. The number of para-hydroxylation sites is 1. The molecule has 0 bridgehead atoms. The standard InChI is InChI=1S/C49H80N2O30/c1-18-27(57)31(61)35(65)46(71-18)81-43-32(62)28(58)21(13-52)74-49(43)79-41-26(51-19(2)56)44(72-22(14-53)29(41)59)80-42-30(60)23(15-54)73-48(38(42)68)77-39-24(16-55)75-47(37(67)34(39)64)78-40-25(17-70-20-9-5-3-6-10-20)76-45(36(66)33(40)63)69-12-8-4-7-11-50/h3,5-6,9-10,18,21-49,52-55,57-68H,4,7-8,11-17,50H2,1-2H3,(H,51,56)/t18?,21?,22?,23?,24?,25?,26?,27-,28+,29+,30+,31?,32?,33?,34?,35?,36?,37?,38?,39+,40-,41?,42?,43?,44+,45-,46+,47+,48-,49+/m1/s1. The number of rotatable bonds is 24. The van der Waals surface area contributed by atoms with Crippen molar-refractivity contribution in [1.82, 2.24) is 5.32 Å². The molecule has 466 valence electrons. The number of carbonyl (C=O) groups excluding carboxylic acids is 1. The molecule has 0 spiro atoms. The molecule has 7 rings (SSSR count). The molecule has 0 saturated carbocycles. The van der Waals surface area contributed by atoms with E-state index in [1.54, 1.807) is 30.3 Å². The van der Waals surface area contributed by atoms with Gasteiger partial charge in [-0.2, -0.15) is 0 Å². The van der Waals surface area contributed by atoms with Crippen LogP contribution in [0.3, 0.4) is 0 Å². The van der Waals surface area contributed by atoms with E-state index in [1.165, 1.54) is 6.92 Å². The van der Waals surface area contributed by atoms with Gasteiger partial charge in [-0.3, -0.25) is 4.79 Å². The summed E-state index contributed by atoms with van der Waals surface area (Å²) in [4.78, 5) is 12.9. The van der Waals surface area contributed by atoms with Crippen molar-refractivity contribution in [1.29, 1.82) is 0 Å². The molecule has 0 aliphatic carbocycles. The average Bonchev–Trinajstić information content (AvgIpc) is 3.51. The molecular weight excluding hydrogens is 1100 g/mol. The Kier molecular flexibility index (Phi) is 24.5. The van der Waals surface area contributed by atoms with Gasteiger partial charge in [0.05, 0.1) is 32.5 Å². The first-order valence-corrected chi connectivity index (χ1v) is 26.7. The van der Waals surface area contributed by atoms with Crippen LogP contribution in [0.1, 0.15) is 33.1 Å². The molecule has 6 aliphatic rings. The van der Waals surface area contributed by atoms with Crippen LogP contribution in [-0.2, 0) is 61.6 Å². The Labute approximate surface area is 463 Å². The number of carbonyl (C=O) groups is 1. The minimum Gasteiger partial charge on any atom is -0.491 e. The molecule has 1 aromatic carbocycles. The summed E-state index contributed by atoms with van der Waals surface area (Å²) in [6.07, 6.45) is -50.8. The van der Waals surface area contributed by atoms with Crippen LogP contribution in [0, 0.1) is 0 Å². The molecule has 81 heavy (non-hydrogen) atoms. The monoisotopic (exact) mass is 1180 g/mol. The molecule has 32 nitrogen and oxygen atoms in total. The quantitative estimate of drug-likeness (QED) is 0.0427. The number of hydrogen-bond donors (Lipinski definition) is 18. The van der Waals surface area contributed by atoms with Crippen molar-refractivity contribution in [3.63, 3.8) is 0 Å². The van der Waals surface area contributed by atoms with Crippen LogP contribution in [-0.4, -0.2) is 318 Å². The summed E-state index contributed by atoms with van der Waals surface area (Å²) in [6, 6.07) is 6.67. The van der Waals surface area contributed by atoms with Gasteiger partial charge in [-0.25, -0.2) is 0 Å². The Balaban J connectivity index is 1.08. The maximum Gasteiger partial charge on any atom is 0.217 e. The van der Waals surface area contributed by atoms with E-state index < -0.39 is 217 Å². The minimum atomic E-state index is -2.21. The van der Waals surface area contributed by atoms with E-state index in [9.17, 15) is 86.5 Å². The normalized spacial score (nSPS) is 46.0. The van der Waals surface area contributed by atoms with Crippen LogP contribution < -0.4 is 15.8 Å². The highest BCUT2D eigenvalue weighted by atomic mass is 16.8. The fourth-order valence-electron chi connectivity index (χ4n) is 10.3. The lowest BCUT2D eigenvalue weighted by molar-refractivity contribution is -0.393. The zero-order valence-corrected chi connectivity index (χ0v) is 44.2. The molecule has 32 heteroatoms. The SMILES string of the molecule is CC(=O)NC1C(O[C@@H]2OC(CO)[C@H](O)C(O)C2O[C@@H]2OC(C)[C@@H](O)C(O)C2O)[C@@H](O)C(CO)O[C@H]1OC1C(O)[C@@H](O[C@H]2C(CO)O[C@@H](O[C@@H]3C(COc4ccccc4)O[C@@H](OCCCCCN)C(O)C3O)C(O)C2O)OC(CO)[C@@H]1O. The van der Waals surface area contributed by atoms with Crippen molar-refractivity contribution in [3.05, 3.63) is 30.3 Å². The zero-order valence-electron chi connectivity index (χ0n) is 44.2.